The molecule has 0 atom stereocenters. The first-order valence-electron chi connectivity index (χ1n) is 7.55. The summed E-state index contributed by atoms with van der Waals surface area (Å²) in [6.07, 6.45) is 0.606. The van der Waals surface area contributed by atoms with Gasteiger partial charge < -0.3 is 19.3 Å². The van der Waals surface area contributed by atoms with Crippen LogP contribution in [0.2, 0.25) is 0 Å². The molecule has 2 aromatic rings. The molecule has 0 aliphatic carbocycles. The lowest BCUT2D eigenvalue weighted by Gasteiger charge is -2.20. The average molecular weight is 618 g/mol. The number of rotatable bonds is 6. The minimum Gasteiger partial charge on any atom is -0.495 e. The zero-order chi connectivity index (χ0) is 19.6. The maximum atomic E-state index is 9.58. The third-order valence-corrected chi connectivity index (χ3v) is 7.93. The monoisotopic (exact) mass is 614 g/mol. The van der Waals surface area contributed by atoms with Crippen LogP contribution in [0.4, 0.5) is 0 Å². The highest BCUT2D eigenvalue weighted by molar-refractivity contribution is 9.13. The van der Waals surface area contributed by atoms with Crippen LogP contribution >= 0.6 is 63.7 Å². The molecule has 0 amide bonds. The molecule has 0 aromatic heterocycles. The van der Waals surface area contributed by atoms with Gasteiger partial charge in [-0.25, -0.2) is 0 Å². The molecule has 2 rings (SSSR count). The maximum absolute atomic E-state index is 9.58. The van der Waals surface area contributed by atoms with Gasteiger partial charge in [-0.3, -0.25) is 0 Å². The van der Waals surface area contributed by atoms with Gasteiger partial charge in [-0.15, -0.1) is 0 Å². The Morgan fingerprint density at radius 3 is 1.77 bits per heavy atom. The molecule has 0 saturated carbocycles. The van der Waals surface area contributed by atoms with Crippen LogP contribution < -0.4 is 14.2 Å². The van der Waals surface area contributed by atoms with Gasteiger partial charge in [0.2, 0.25) is 0 Å². The summed E-state index contributed by atoms with van der Waals surface area (Å²) in [7, 11) is 4.80. The Bertz CT molecular complexity index is 837. The van der Waals surface area contributed by atoms with Crippen LogP contribution in [-0.4, -0.2) is 26.4 Å². The molecule has 1 N–H and O–H groups in total. The van der Waals surface area contributed by atoms with Gasteiger partial charge >= 0.3 is 0 Å². The maximum Gasteiger partial charge on any atom is 0.177 e. The number of aryl methyl sites for hydroxylation is 1. The normalized spacial score (nSPS) is 10.8. The molecule has 4 nitrogen and oxygen atoms in total. The zero-order valence-corrected chi connectivity index (χ0v) is 21.0. The number of aliphatic hydroxyl groups is 1. The summed E-state index contributed by atoms with van der Waals surface area (Å²) in [5.74, 6) is 1.86. The molecule has 0 fully saturated rings. The van der Waals surface area contributed by atoms with E-state index in [-0.39, 0.29) is 6.61 Å². The molecule has 0 aliphatic rings. The molecule has 0 radical (unpaired) electrons. The van der Waals surface area contributed by atoms with Crippen LogP contribution in [0, 0.1) is 6.92 Å². The molecular weight excluding hydrogens is 600 g/mol. The minimum atomic E-state index is -0.0851. The summed E-state index contributed by atoms with van der Waals surface area (Å²) in [4.78, 5) is 0. The van der Waals surface area contributed by atoms with Gasteiger partial charge in [0.15, 0.2) is 11.5 Å². The third kappa shape index (κ3) is 3.94. The third-order valence-electron chi connectivity index (χ3n) is 4.09. The fraction of sp³-hybridized carbons (Fsp3) is 0.333. The van der Waals surface area contributed by atoms with Crippen molar-refractivity contribution < 1.29 is 19.3 Å². The van der Waals surface area contributed by atoms with Gasteiger partial charge in [-0.05, 0) is 93.4 Å². The predicted octanol–water partition coefficient (Wildman–Crippen LogP) is 6.15. The number of methoxy groups -OCH3 is 3. The van der Waals surface area contributed by atoms with E-state index in [9.17, 15) is 5.11 Å². The highest BCUT2D eigenvalue weighted by Crippen LogP contribution is 2.49. The summed E-state index contributed by atoms with van der Waals surface area (Å²) in [6.45, 7) is 1.93. The van der Waals surface area contributed by atoms with Crippen molar-refractivity contribution in [3.63, 3.8) is 0 Å². The number of aliphatic hydroxyl groups excluding tert-OH is 1. The molecule has 0 spiro atoms. The van der Waals surface area contributed by atoms with Gasteiger partial charge in [-0.2, -0.15) is 0 Å². The molecule has 0 heterocycles. The number of halogens is 4. The standard InChI is InChI=1S/C18H18Br4O4/c1-8-5-9(7-23)16(24-2)13(20)10(8)6-11-12(19)15(22)18(26-4)17(25-3)14(11)21/h5,23H,6-7H2,1-4H3. The SMILES string of the molecule is COc1c(CO)cc(C)c(Cc2c(Br)c(Br)c(OC)c(OC)c2Br)c1Br. The summed E-state index contributed by atoms with van der Waals surface area (Å²) < 4.78 is 19.8. The Hall–Kier alpha value is -0.280. The topological polar surface area (TPSA) is 47.9 Å². The van der Waals surface area contributed by atoms with Crippen molar-refractivity contribution in [3.05, 3.63) is 46.2 Å². The zero-order valence-electron chi connectivity index (χ0n) is 14.7. The van der Waals surface area contributed by atoms with E-state index in [4.69, 9.17) is 14.2 Å². The van der Waals surface area contributed by atoms with E-state index in [1.807, 2.05) is 13.0 Å². The molecule has 0 unspecified atom stereocenters. The molecule has 2 aromatic carbocycles. The Labute approximate surface area is 186 Å². The molecule has 0 saturated heterocycles. The van der Waals surface area contributed by atoms with E-state index < -0.39 is 0 Å². The minimum absolute atomic E-state index is 0.0851. The second-order valence-corrected chi connectivity index (χ2v) is 8.67. The molecule has 142 valence electrons. The van der Waals surface area contributed by atoms with Gasteiger partial charge in [0.25, 0.3) is 0 Å². The van der Waals surface area contributed by atoms with Crippen molar-refractivity contribution in [3.8, 4) is 17.2 Å². The van der Waals surface area contributed by atoms with E-state index in [0.717, 1.165) is 40.1 Å². The number of ether oxygens (including phenoxy) is 3. The summed E-state index contributed by atoms with van der Waals surface area (Å²) in [5.41, 5.74) is 3.84. The lowest BCUT2D eigenvalue weighted by atomic mass is 9.97. The molecule has 8 heteroatoms. The number of hydrogen-bond donors (Lipinski definition) is 1. The lowest BCUT2D eigenvalue weighted by molar-refractivity contribution is 0.273. The first-order valence-corrected chi connectivity index (χ1v) is 10.7. The van der Waals surface area contributed by atoms with Crippen LogP contribution in [0.5, 0.6) is 17.2 Å². The van der Waals surface area contributed by atoms with Gasteiger partial charge in [0, 0.05) is 16.5 Å². The highest BCUT2D eigenvalue weighted by Gasteiger charge is 2.24. The molecule has 0 aliphatic heterocycles. The largest absolute Gasteiger partial charge is 0.495 e. The van der Waals surface area contributed by atoms with Crippen molar-refractivity contribution in [1.82, 2.24) is 0 Å². The van der Waals surface area contributed by atoms with E-state index in [1.165, 1.54) is 0 Å². The summed E-state index contributed by atoms with van der Waals surface area (Å²) >= 11 is 14.5. The highest BCUT2D eigenvalue weighted by atomic mass is 79.9. The Morgan fingerprint density at radius 2 is 1.27 bits per heavy atom. The van der Waals surface area contributed by atoms with E-state index in [2.05, 4.69) is 63.7 Å². The lowest BCUT2D eigenvalue weighted by Crippen LogP contribution is -2.04. The quantitative estimate of drug-likeness (QED) is 0.395. The first kappa shape index (κ1) is 22.0. The molecule has 0 bridgehead atoms. The van der Waals surface area contributed by atoms with Gasteiger partial charge in [0.05, 0.1) is 41.4 Å². The number of hydrogen-bond acceptors (Lipinski definition) is 4. The molecule has 26 heavy (non-hydrogen) atoms. The fourth-order valence-corrected chi connectivity index (χ4v) is 5.70. The fourth-order valence-electron chi connectivity index (χ4n) is 2.78. The molecular formula is C18H18Br4O4. The smallest absolute Gasteiger partial charge is 0.177 e. The van der Waals surface area contributed by atoms with Crippen molar-refractivity contribution >= 4 is 63.7 Å². The van der Waals surface area contributed by atoms with Crippen LogP contribution in [-0.2, 0) is 13.0 Å². The predicted molar refractivity (Wildman–Crippen MR) is 117 cm³/mol. The van der Waals surface area contributed by atoms with Crippen LogP contribution in [0.25, 0.3) is 0 Å². The van der Waals surface area contributed by atoms with Crippen LogP contribution in [0.1, 0.15) is 22.3 Å². The van der Waals surface area contributed by atoms with Crippen molar-refractivity contribution in [2.45, 2.75) is 20.0 Å². The van der Waals surface area contributed by atoms with Gasteiger partial charge in [0.1, 0.15) is 5.75 Å². The summed E-state index contributed by atoms with van der Waals surface area (Å²) in [6, 6.07) is 1.94. The second kappa shape index (κ2) is 9.28. The van der Waals surface area contributed by atoms with Crippen molar-refractivity contribution in [1.29, 1.82) is 0 Å². The Balaban J connectivity index is 2.69. The Kier molecular flexibility index (Phi) is 7.85. The van der Waals surface area contributed by atoms with E-state index in [1.54, 1.807) is 21.3 Å². The number of benzene rings is 2. The van der Waals surface area contributed by atoms with Gasteiger partial charge in [-0.1, -0.05) is 0 Å². The van der Waals surface area contributed by atoms with Crippen molar-refractivity contribution in [2.24, 2.45) is 0 Å². The first-order chi connectivity index (χ1) is 12.3. The Morgan fingerprint density at radius 1 is 0.769 bits per heavy atom. The average Bonchev–Trinajstić information content (AvgIpc) is 2.63. The van der Waals surface area contributed by atoms with E-state index >= 15 is 0 Å². The van der Waals surface area contributed by atoms with Crippen LogP contribution in [0.15, 0.2) is 24.0 Å². The summed E-state index contributed by atoms with van der Waals surface area (Å²) in [5, 5.41) is 9.58. The van der Waals surface area contributed by atoms with E-state index in [0.29, 0.717) is 23.7 Å². The van der Waals surface area contributed by atoms with Crippen molar-refractivity contribution in [2.75, 3.05) is 21.3 Å². The van der Waals surface area contributed by atoms with Crippen LogP contribution in [0.3, 0.4) is 0 Å². The second-order valence-electron chi connectivity index (χ2n) is 5.50.